The third-order valence-electron chi connectivity index (χ3n) is 4.12. The Morgan fingerprint density at radius 1 is 0.731 bits per heavy atom. The Bertz CT molecular complexity index is 636. The molecule has 2 aliphatic rings. The van der Waals surface area contributed by atoms with Crippen LogP contribution in [0.15, 0.2) is 0 Å². The second kappa shape index (κ2) is 7.56. The molecule has 0 N–H and O–H groups in total. The van der Waals surface area contributed by atoms with E-state index in [9.17, 15) is 28.8 Å². The van der Waals surface area contributed by atoms with Gasteiger partial charge in [-0.3, -0.25) is 38.6 Å². The maximum Gasteiger partial charge on any atom is 0.231 e. The highest BCUT2D eigenvalue weighted by molar-refractivity contribution is 8.78. The van der Waals surface area contributed by atoms with Crippen molar-refractivity contribution >= 4 is 80.7 Å². The quantitative estimate of drug-likeness (QED) is 0.346. The molecule has 0 saturated carbocycles. The van der Waals surface area contributed by atoms with Crippen molar-refractivity contribution < 1.29 is 28.8 Å². The molecule has 12 heteroatoms. The van der Waals surface area contributed by atoms with E-state index < -0.39 is 43.6 Å². The zero-order valence-electron chi connectivity index (χ0n) is 13.9. The lowest BCUT2D eigenvalue weighted by Crippen LogP contribution is -2.53. The number of thiol groups is 2. The van der Waals surface area contributed by atoms with Crippen molar-refractivity contribution in [3.05, 3.63) is 0 Å². The largest absolute Gasteiger partial charge is 0.284 e. The molecule has 0 bridgehead atoms. The Morgan fingerprint density at radius 2 is 0.962 bits per heavy atom. The molecule has 0 aromatic heterocycles. The molecule has 142 valence electrons. The minimum atomic E-state index is -1.70. The number of rotatable bonds is 7. The van der Waals surface area contributed by atoms with Gasteiger partial charge in [0, 0.05) is 25.7 Å². The highest BCUT2D eigenvalue weighted by Gasteiger charge is 2.53. The third kappa shape index (κ3) is 3.56. The fraction of sp³-hybridized carbons (Fsp3) is 0.571. The maximum absolute atomic E-state index is 12.1. The van der Waals surface area contributed by atoms with Crippen LogP contribution in [0, 0.1) is 0 Å². The summed E-state index contributed by atoms with van der Waals surface area (Å²) in [5.41, 5.74) is 0. The first-order valence-corrected chi connectivity index (χ1v) is 10.5. The van der Waals surface area contributed by atoms with E-state index in [1.165, 1.54) is 13.8 Å². The number of likely N-dealkylation sites (tertiary alicyclic amines) is 2. The molecule has 2 rings (SSSR count). The topological polar surface area (TPSA) is 109 Å². The number of carbonyl (C=O) groups is 6. The van der Waals surface area contributed by atoms with Crippen LogP contribution in [-0.2, 0) is 28.8 Å². The molecule has 0 spiro atoms. The highest BCUT2D eigenvalue weighted by atomic mass is 33.1. The molecule has 8 nitrogen and oxygen atoms in total. The number of carbonyl (C=O) groups excluding carboxylic acids is 6. The summed E-state index contributed by atoms with van der Waals surface area (Å²) in [7, 11) is 1.44. The molecule has 2 unspecified atom stereocenters. The Balaban J connectivity index is 2.34. The van der Waals surface area contributed by atoms with Crippen molar-refractivity contribution in [2.45, 2.75) is 49.3 Å². The summed E-state index contributed by atoms with van der Waals surface area (Å²) in [6.07, 6.45) is -0.0850. The van der Waals surface area contributed by atoms with Gasteiger partial charge in [-0.1, -0.05) is 21.6 Å². The monoisotopic (exact) mass is 436 g/mol. The zero-order chi connectivity index (χ0) is 19.9. The van der Waals surface area contributed by atoms with Gasteiger partial charge in [0.25, 0.3) is 0 Å². The van der Waals surface area contributed by atoms with E-state index in [0.29, 0.717) is 0 Å². The summed E-state index contributed by atoms with van der Waals surface area (Å²) < 4.78 is 0. The smallest absolute Gasteiger partial charge is 0.231 e. The van der Waals surface area contributed by atoms with Crippen LogP contribution in [-0.4, -0.2) is 53.4 Å². The molecule has 0 aliphatic carbocycles. The van der Waals surface area contributed by atoms with E-state index in [0.717, 1.165) is 31.4 Å². The maximum atomic E-state index is 12.1. The Morgan fingerprint density at radius 3 is 1.15 bits per heavy atom. The standard InChI is InChI=1S/C14H16N2O6S4/c1-13(11(21)23,15-7(17)3-4-8(15)18)25-26-14(2,12(22)24)16-9(19)5-6-10(16)20/h3-6H2,1-2H3,(H,21,23)(H,22,24). The van der Waals surface area contributed by atoms with E-state index in [2.05, 4.69) is 25.3 Å². The van der Waals surface area contributed by atoms with E-state index >= 15 is 0 Å². The average Bonchev–Trinajstić information content (AvgIpc) is 3.06. The summed E-state index contributed by atoms with van der Waals surface area (Å²) in [5.74, 6) is -2.11. The predicted molar refractivity (Wildman–Crippen MR) is 102 cm³/mol. The fourth-order valence-corrected chi connectivity index (χ4v) is 6.35. The normalized spacial score (nSPS) is 22.6. The van der Waals surface area contributed by atoms with Crippen molar-refractivity contribution in [3.63, 3.8) is 0 Å². The van der Waals surface area contributed by atoms with Crippen molar-refractivity contribution in [2.75, 3.05) is 0 Å². The molecule has 0 aromatic carbocycles. The van der Waals surface area contributed by atoms with Crippen LogP contribution in [0.1, 0.15) is 39.5 Å². The molecule has 2 fully saturated rings. The molecule has 2 heterocycles. The summed E-state index contributed by atoms with van der Waals surface area (Å²) in [6, 6.07) is 0. The van der Waals surface area contributed by atoms with Crippen LogP contribution in [0.5, 0.6) is 0 Å². The number of amides is 4. The van der Waals surface area contributed by atoms with E-state index in [1.54, 1.807) is 0 Å². The van der Waals surface area contributed by atoms with E-state index in [4.69, 9.17) is 0 Å². The molecule has 2 atom stereocenters. The van der Waals surface area contributed by atoms with Gasteiger partial charge in [-0.15, -0.1) is 25.3 Å². The lowest BCUT2D eigenvalue weighted by atomic mass is 10.3. The van der Waals surface area contributed by atoms with Crippen LogP contribution < -0.4 is 0 Å². The van der Waals surface area contributed by atoms with Crippen molar-refractivity contribution in [2.24, 2.45) is 0 Å². The summed E-state index contributed by atoms with van der Waals surface area (Å²) in [5, 5.41) is -1.54. The van der Waals surface area contributed by atoms with Crippen LogP contribution >= 0.6 is 46.8 Å². The molecular formula is C14H16N2O6S4. The SMILES string of the molecule is CC(SSC(C)(C(=O)S)N1C(=O)CCC1=O)(C(=O)S)N1C(=O)CCC1=O. The minimum absolute atomic E-state index is 0.0213. The summed E-state index contributed by atoms with van der Waals surface area (Å²) >= 11 is 7.58. The Hall–Kier alpha value is -0.980. The van der Waals surface area contributed by atoms with Gasteiger partial charge in [-0.25, -0.2) is 0 Å². The van der Waals surface area contributed by atoms with Gasteiger partial charge in [0.2, 0.25) is 33.9 Å². The molecule has 2 aliphatic heterocycles. The van der Waals surface area contributed by atoms with Gasteiger partial charge in [0.05, 0.1) is 0 Å². The van der Waals surface area contributed by atoms with Crippen LogP contribution in [0.4, 0.5) is 0 Å². The molecule has 0 radical (unpaired) electrons. The van der Waals surface area contributed by atoms with Crippen LogP contribution in [0.25, 0.3) is 0 Å². The summed E-state index contributed by atoms with van der Waals surface area (Å²) in [6.45, 7) is 2.66. The molecule has 2 saturated heterocycles. The van der Waals surface area contributed by atoms with Crippen molar-refractivity contribution in [1.29, 1.82) is 0 Å². The molecule has 0 aromatic rings. The zero-order valence-corrected chi connectivity index (χ0v) is 17.3. The van der Waals surface area contributed by atoms with Gasteiger partial charge in [0.15, 0.2) is 9.74 Å². The number of hydrogen-bond acceptors (Lipinski definition) is 8. The van der Waals surface area contributed by atoms with Gasteiger partial charge < -0.3 is 0 Å². The summed E-state index contributed by atoms with van der Waals surface area (Å²) in [4.78, 5) is 70.7. The third-order valence-corrected chi connectivity index (χ3v) is 8.96. The first-order chi connectivity index (χ1) is 11.9. The molecule has 4 amide bonds. The van der Waals surface area contributed by atoms with Crippen LogP contribution in [0.2, 0.25) is 0 Å². The Labute approximate surface area is 168 Å². The second-order valence-corrected chi connectivity index (χ2v) is 9.72. The van der Waals surface area contributed by atoms with Crippen molar-refractivity contribution in [1.82, 2.24) is 9.80 Å². The van der Waals surface area contributed by atoms with Gasteiger partial charge in [0.1, 0.15) is 0 Å². The van der Waals surface area contributed by atoms with Gasteiger partial charge in [-0.05, 0) is 13.8 Å². The van der Waals surface area contributed by atoms with Gasteiger partial charge in [-0.2, -0.15) is 0 Å². The molecule has 26 heavy (non-hydrogen) atoms. The first-order valence-electron chi connectivity index (χ1n) is 7.50. The predicted octanol–water partition coefficient (Wildman–Crippen LogP) is 1.01. The van der Waals surface area contributed by atoms with Crippen molar-refractivity contribution in [3.8, 4) is 0 Å². The highest BCUT2D eigenvalue weighted by Crippen LogP contribution is 2.50. The lowest BCUT2D eigenvalue weighted by molar-refractivity contribution is -0.145. The average molecular weight is 437 g/mol. The van der Waals surface area contributed by atoms with E-state index in [-0.39, 0.29) is 25.7 Å². The number of imide groups is 2. The number of nitrogens with zero attached hydrogens (tertiary/aromatic N) is 2. The second-order valence-electron chi connectivity index (χ2n) is 5.99. The first kappa shape index (κ1) is 21.3. The fourth-order valence-electron chi connectivity index (χ4n) is 2.60. The Kier molecular flexibility index (Phi) is 6.20. The number of hydrogen-bond donors (Lipinski definition) is 2. The van der Waals surface area contributed by atoms with E-state index in [1.807, 2.05) is 0 Å². The van der Waals surface area contributed by atoms with Crippen LogP contribution in [0.3, 0.4) is 0 Å². The lowest BCUT2D eigenvalue weighted by Gasteiger charge is -2.38. The van der Waals surface area contributed by atoms with Gasteiger partial charge >= 0.3 is 0 Å². The molecular weight excluding hydrogens is 420 g/mol. The minimum Gasteiger partial charge on any atom is -0.284 e.